The molecular formula is C11H21NO2. The second-order valence-electron chi connectivity index (χ2n) is 3.79. The smallest absolute Gasteiger partial charge is 0.232 e. The number of carbonyl (C=O) groups is 2. The highest BCUT2D eigenvalue weighted by Gasteiger charge is 2.26. The van der Waals surface area contributed by atoms with Gasteiger partial charge in [-0.15, -0.1) is 0 Å². The second kappa shape index (κ2) is 5.78. The SMILES string of the molecule is CCN(CC)C(=O)[C@@H](C)C(=O)C(C)C. The molecule has 0 aliphatic rings. The first-order chi connectivity index (χ1) is 6.45. The number of carbonyl (C=O) groups excluding carboxylic acids is 2. The number of amides is 1. The fourth-order valence-corrected chi connectivity index (χ4v) is 1.43. The fraction of sp³-hybridized carbons (Fsp3) is 0.818. The Hall–Kier alpha value is -0.860. The molecule has 0 bridgehead atoms. The van der Waals surface area contributed by atoms with Crippen molar-refractivity contribution in [1.82, 2.24) is 4.90 Å². The number of Topliss-reactive ketones (excluding diaryl/α,β-unsaturated/α-hetero) is 1. The standard InChI is InChI=1S/C11H21NO2/c1-6-12(7-2)11(14)9(5)10(13)8(3)4/h8-9H,6-7H2,1-5H3/t9-/m0/s1. The van der Waals surface area contributed by atoms with Crippen LogP contribution < -0.4 is 0 Å². The van der Waals surface area contributed by atoms with E-state index in [4.69, 9.17) is 0 Å². The van der Waals surface area contributed by atoms with Gasteiger partial charge in [-0.25, -0.2) is 0 Å². The number of ketones is 1. The monoisotopic (exact) mass is 199 g/mol. The van der Waals surface area contributed by atoms with Crippen molar-refractivity contribution in [2.75, 3.05) is 13.1 Å². The van der Waals surface area contributed by atoms with Crippen molar-refractivity contribution in [3.05, 3.63) is 0 Å². The molecule has 0 N–H and O–H groups in total. The molecule has 0 aliphatic carbocycles. The van der Waals surface area contributed by atoms with Crippen LogP contribution in [0.3, 0.4) is 0 Å². The van der Waals surface area contributed by atoms with Gasteiger partial charge in [0.15, 0.2) is 0 Å². The van der Waals surface area contributed by atoms with Crippen LogP contribution in [0.2, 0.25) is 0 Å². The van der Waals surface area contributed by atoms with Gasteiger partial charge >= 0.3 is 0 Å². The zero-order valence-electron chi connectivity index (χ0n) is 9.83. The molecule has 0 radical (unpaired) electrons. The molecule has 1 amide bonds. The summed E-state index contributed by atoms with van der Waals surface area (Å²) in [6.45, 7) is 10.5. The van der Waals surface area contributed by atoms with E-state index in [-0.39, 0.29) is 17.6 Å². The van der Waals surface area contributed by atoms with E-state index >= 15 is 0 Å². The van der Waals surface area contributed by atoms with Gasteiger partial charge in [-0.2, -0.15) is 0 Å². The van der Waals surface area contributed by atoms with Crippen LogP contribution in [0.4, 0.5) is 0 Å². The molecule has 0 rings (SSSR count). The maximum absolute atomic E-state index is 11.8. The third-order valence-corrected chi connectivity index (χ3v) is 2.44. The summed E-state index contributed by atoms with van der Waals surface area (Å²) in [6, 6.07) is 0. The van der Waals surface area contributed by atoms with E-state index in [1.54, 1.807) is 11.8 Å². The summed E-state index contributed by atoms with van der Waals surface area (Å²) in [5.74, 6) is -0.574. The molecule has 82 valence electrons. The predicted molar refractivity (Wildman–Crippen MR) is 56.9 cm³/mol. The number of nitrogens with zero attached hydrogens (tertiary/aromatic N) is 1. The summed E-state index contributed by atoms with van der Waals surface area (Å²) in [7, 11) is 0. The van der Waals surface area contributed by atoms with Crippen molar-refractivity contribution in [3.8, 4) is 0 Å². The third-order valence-electron chi connectivity index (χ3n) is 2.44. The highest BCUT2D eigenvalue weighted by Crippen LogP contribution is 2.09. The van der Waals surface area contributed by atoms with Gasteiger partial charge in [0.05, 0.1) is 5.92 Å². The van der Waals surface area contributed by atoms with Crippen LogP contribution in [0.1, 0.15) is 34.6 Å². The topological polar surface area (TPSA) is 37.4 Å². The van der Waals surface area contributed by atoms with Crippen LogP contribution in [-0.4, -0.2) is 29.7 Å². The first kappa shape index (κ1) is 13.1. The van der Waals surface area contributed by atoms with Gasteiger partial charge in [0.2, 0.25) is 5.91 Å². The highest BCUT2D eigenvalue weighted by atomic mass is 16.2. The number of hydrogen-bond donors (Lipinski definition) is 0. The summed E-state index contributed by atoms with van der Waals surface area (Å²) in [5, 5.41) is 0. The van der Waals surface area contributed by atoms with E-state index in [2.05, 4.69) is 0 Å². The van der Waals surface area contributed by atoms with Gasteiger partial charge in [0.1, 0.15) is 5.78 Å². The predicted octanol–water partition coefficient (Wildman–Crippen LogP) is 1.72. The van der Waals surface area contributed by atoms with Crippen molar-refractivity contribution in [2.24, 2.45) is 11.8 Å². The lowest BCUT2D eigenvalue weighted by molar-refractivity contribution is -0.141. The highest BCUT2D eigenvalue weighted by molar-refractivity contribution is 6.01. The van der Waals surface area contributed by atoms with Crippen molar-refractivity contribution >= 4 is 11.7 Å². The Kier molecular flexibility index (Phi) is 5.43. The quantitative estimate of drug-likeness (QED) is 0.632. The average Bonchev–Trinajstić information content (AvgIpc) is 2.17. The Labute approximate surface area is 86.5 Å². The lowest BCUT2D eigenvalue weighted by atomic mass is 9.96. The summed E-state index contributed by atoms with van der Waals surface area (Å²) in [4.78, 5) is 25.0. The summed E-state index contributed by atoms with van der Waals surface area (Å²) < 4.78 is 0. The van der Waals surface area contributed by atoms with Gasteiger partial charge in [0.25, 0.3) is 0 Å². The second-order valence-corrected chi connectivity index (χ2v) is 3.79. The molecule has 0 aromatic carbocycles. The van der Waals surface area contributed by atoms with Crippen molar-refractivity contribution in [1.29, 1.82) is 0 Å². The summed E-state index contributed by atoms with van der Waals surface area (Å²) in [5.41, 5.74) is 0. The van der Waals surface area contributed by atoms with Gasteiger partial charge in [-0.05, 0) is 20.8 Å². The zero-order valence-corrected chi connectivity index (χ0v) is 9.83. The van der Waals surface area contributed by atoms with E-state index in [9.17, 15) is 9.59 Å². The first-order valence-corrected chi connectivity index (χ1v) is 5.28. The molecule has 0 unspecified atom stereocenters. The Morgan fingerprint density at radius 3 is 1.79 bits per heavy atom. The molecule has 0 aromatic rings. The fourth-order valence-electron chi connectivity index (χ4n) is 1.43. The van der Waals surface area contributed by atoms with Crippen LogP contribution in [-0.2, 0) is 9.59 Å². The Morgan fingerprint density at radius 2 is 1.50 bits per heavy atom. The third kappa shape index (κ3) is 3.13. The molecule has 1 atom stereocenters. The van der Waals surface area contributed by atoms with Crippen molar-refractivity contribution < 1.29 is 9.59 Å². The zero-order chi connectivity index (χ0) is 11.3. The van der Waals surface area contributed by atoms with Crippen LogP contribution >= 0.6 is 0 Å². The van der Waals surface area contributed by atoms with Crippen molar-refractivity contribution in [2.45, 2.75) is 34.6 Å². The van der Waals surface area contributed by atoms with Crippen molar-refractivity contribution in [3.63, 3.8) is 0 Å². The molecule has 0 fully saturated rings. The molecule has 0 aromatic heterocycles. The molecule has 3 nitrogen and oxygen atoms in total. The Balaban J connectivity index is 4.45. The molecular weight excluding hydrogens is 178 g/mol. The van der Waals surface area contributed by atoms with E-state index in [0.717, 1.165) is 0 Å². The van der Waals surface area contributed by atoms with Crippen LogP contribution in [0.25, 0.3) is 0 Å². The van der Waals surface area contributed by atoms with Crippen LogP contribution in [0.15, 0.2) is 0 Å². The van der Waals surface area contributed by atoms with E-state index in [1.807, 2.05) is 27.7 Å². The van der Waals surface area contributed by atoms with Gasteiger partial charge in [-0.1, -0.05) is 13.8 Å². The number of rotatable bonds is 5. The molecule has 0 spiro atoms. The van der Waals surface area contributed by atoms with Crippen LogP contribution in [0, 0.1) is 11.8 Å². The van der Waals surface area contributed by atoms with Crippen LogP contribution in [0.5, 0.6) is 0 Å². The first-order valence-electron chi connectivity index (χ1n) is 5.28. The van der Waals surface area contributed by atoms with Gasteiger partial charge in [0, 0.05) is 19.0 Å². The maximum Gasteiger partial charge on any atom is 0.232 e. The minimum Gasteiger partial charge on any atom is -0.343 e. The largest absolute Gasteiger partial charge is 0.343 e. The summed E-state index contributed by atoms with van der Waals surface area (Å²) in [6.07, 6.45) is 0. The minimum atomic E-state index is -0.491. The average molecular weight is 199 g/mol. The summed E-state index contributed by atoms with van der Waals surface area (Å²) >= 11 is 0. The van der Waals surface area contributed by atoms with E-state index in [0.29, 0.717) is 13.1 Å². The van der Waals surface area contributed by atoms with E-state index < -0.39 is 5.92 Å². The van der Waals surface area contributed by atoms with E-state index in [1.165, 1.54) is 0 Å². The Bertz CT molecular complexity index is 207. The lowest BCUT2D eigenvalue weighted by Gasteiger charge is -2.22. The molecule has 0 saturated heterocycles. The molecule has 3 heteroatoms. The minimum absolute atomic E-state index is 0.0295. The Morgan fingerprint density at radius 1 is 1.07 bits per heavy atom. The lowest BCUT2D eigenvalue weighted by Crippen LogP contribution is -2.39. The molecule has 0 aliphatic heterocycles. The maximum atomic E-state index is 11.8. The molecule has 0 saturated carbocycles. The van der Waals surface area contributed by atoms with Gasteiger partial charge in [-0.3, -0.25) is 9.59 Å². The molecule has 14 heavy (non-hydrogen) atoms. The normalized spacial score (nSPS) is 12.7. The molecule has 0 heterocycles. The number of hydrogen-bond acceptors (Lipinski definition) is 2. The van der Waals surface area contributed by atoms with Gasteiger partial charge < -0.3 is 4.90 Å².